The van der Waals surface area contributed by atoms with Gasteiger partial charge in [0.05, 0.1) is 5.69 Å². The number of anilines is 1. The Morgan fingerprint density at radius 3 is 2.45 bits per heavy atom. The summed E-state index contributed by atoms with van der Waals surface area (Å²) < 4.78 is 2.06. The third-order valence-electron chi connectivity index (χ3n) is 3.80. The van der Waals surface area contributed by atoms with Crippen molar-refractivity contribution in [1.82, 2.24) is 4.90 Å². The maximum Gasteiger partial charge on any atom is 0.291 e. The summed E-state index contributed by atoms with van der Waals surface area (Å²) in [5.41, 5.74) is 8.20. The third kappa shape index (κ3) is 6.50. The lowest BCUT2D eigenvalue weighted by molar-refractivity contribution is -0.742. The fourth-order valence-electron chi connectivity index (χ4n) is 2.69. The molecule has 0 aliphatic heterocycles. The van der Waals surface area contributed by atoms with Gasteiger partial charge in [-0.2, -0.15) is 0 Å². The van der Waals surface area contributed by atoms with Crippen LogP contribution in [0.5, 0.6) is 0 Å². The molecule has 0 aromatic heterocycles. The molecule has 0 unspecified atom stereocenters. The van der Waals surface area contributed by atoms with Crippen LogP contribution in [0.1, 0.15) is 37.7 Å². The highest BCUT2D eigenvalue weighted by Crippen LogP contribution is 2.30. The Balaban J connectivity index is 0.000000541. The molecule has 1 fully saturated rings. The number of nitrogens with two attached hydrogens (primary N) is 1. The molecule has 6 nitrogen and oxygen atoms in total. The molecule has 2 rings (SSSR count). The second kappa shape index (κ2) is 9.32. The van der Waals surface area contributed by atoms with Crippen molar-refractivity contribution < 1.29 is 10.3 Å². The topological polar surface area (TPSA) is 92.6 Å². The Morgan fingerprint density at radius 2 is 1.91 bits per heavy atom. The monoisotopic (exact) mass is 437 g/mol. The number of hydrogen-bond donors (Lipinski definition) is 2. The van der Waals surface area contributed by atoms with E-state index in [-0.39, 0.29) is 0 Å². The van der Waals surface area contributed by atoms with E-state index < -0.39 is 5.09 Å². The Kier molecular flexibility index (Phi) is 8.13. The van der Waals surface area contributed by atoms with Crippen molar-refractivity contribution in [3.8, 4) is 0 Å². The molecule has 8 heteroatoms. The highest BCUT2D eigenvalue weighted by molar-refractivity contribution is 9.11. The zero-order valence-corrected chi connectivity index (χ0v) is 15.6. The summed E-state index contributed by atoms with van der Waals surface area (Å²) in [7, 11) is 2.21. The normalized spacial score (nSPS) is 15.3. The average Bonchev–Trinajstić information content (AvgIpc) is 2.44. The van der Waals surface area contributed by atoms with Gasteiger partial charge in [0.25, 0.3) is 5.09 Å². The summed E-state index contributed by atoms with van der Waals surface area (Å²) in [5, 5.41) is 13.6. The molecule has 0 bridgehead atoms. The lowest BCUT2D eigenvalue weighted by atomic mass is 9.94. The van der Waals surface area contributed by atoms with Gasteiger partial charge in [-0.05, 0) is 53.5 Å². The predicted molar refractivity (Wildman–Crippen MR) is 93.4 cm³/mol. The summed E-state index contributed by atoms with van der Waals surface area (Å²) in [6.45, 7) is 0.925. The van der Waals surface area contributed by atoms with Gasteiger partial charge in [0, 0.05) is 21.5 Å². The highest BCUT2D eigenvalue weighted by Gasteiger charge is 2.19. The molecule has 1 saturated carbocycles. The van der Waals surface area contributed by atoms with Gasteiger partial charge in [0.1, 0.15) is 0 Å². The van der Waals surface area contributed by atoms with Crippen LogP contribution >= 0.6 is 31.9 Å². The largest absolute Gasteiger partial charge is 0.398 e. The summed E-state index contributed by atoms with van der Waals surface area (Å²) in [6.07, 6.45) is 6.78. The van der Waals surface area contributed by atoms with Crippen LogP contribution in [0, 0.1) is 10.1 Å². The van der Waals surface area contributed by atoms with Crippen LogP contribution in [0.15, 0.2) is 21.1 Å². The van der Waals surface area contributed by atoms with Crippen molar-refractivity contribution in [2.75, 3.05) is 12.8 Å². The standard InChI is InChI=1S/C14H20Br2N2.HNO3/c1-18(12-5-3-2-4-6-12)9-10-7-11(15)8-13(16)14(10)17;2-1(3)4/h7-8,12H,2-6,9,17H2,1H3;(H,2,3,4). The van der Waals surface area contributed by atoms with E-state index >= 15 is 0 Å². The smallest absolute Gasteiger partial charge is 0.291 e. The molecule has 1 aliphatic carbocycles. The molecule has 1 aliphatic rings. The number of benzene rings is 1. The second-order valence-electron chi connectivity index (χ2n) is 5.41. The molecule has 0 amide bonds. The van der Waals surface area contributed by atoms with Crippen molar-refractivity contribution in [3.05, 3.63) is 36.8 Å². The summed E-state index contributed by atoms with van der Waals surface area (Å²) in [5.74, 6) is 0. The predicted octanol–water partition coefficient (Wildman–Crippen LogP) is 4.21. The minimum absolute atomic E-state index is 0.718. The molecule has 1 aromatic carbocycles. The number of nitrogens with zero attached hydrogens (tertiary/aromatic N) is 2. The molecule has 0 spiro atoms. The number of rotatable bonds is 3. The first kappa shape index (κ1) is 19.2. The van der Waals surface area contributed by atoms with E-state index in [1.165, 1.54) is 37.7 Å². The van der Waals surface area contributed by atoms with E-state index in [1.807, 2.05) is 6.07 Å². The molecule has 124 valence electrons. The van der Waals surface area contributed by atoms with Crippen molar-refractivity contribution in [2.24, 2.45) is 0 Å². The van der Waals surface area contributed by atoms with E-state index in [9.17, 15) is 0 Å². The van der Waals surface area contributed by atoms with Crippen molar-refractivity contribution >= 4 is 37.5 Å². The zero-order chi connectivity index (χ0) is 16.7. The summed E-state index contributed by atoms with van der Waals surface area (Å²) in [6, 6.07) is 4.84. The Bertz CT molecular complexity index is 504. The maximum atomic E-state index is 8.36. The summed E-state index contributed by atoms with van der Waals surface area (Å²) >= 11 is 7.04. The highest BCUT2D eigenvalue weighted by atomic mass is 79.9. The number of hydrogen-bond acceptors (Lipinski definition) is 4. The van der Waals surface area contributed by atoms with Gasteiger partial charge in [0.2, 0.25) is 0 Å². The van der Waals surface area contributed by atoms with Gasteiger partial charge in [0.15, 0.2) is 0 Å². The molecular formula is C14H21Br2N3O3. The molecule has 1 aromatic rings. The second-order valence-corrected chi connectivity index (χ2v) is 7.18. The first-order valence-electron chi connectivity index (χ1n) is 7.08. The van der Waals surface area contributed by atoms with E-state index in [4.69, 9.17) is 21.1 Å². The Hall–Kier alpha value is -0.860. The average molecular weight is 439 g/mol. The van der Waals surface area contributed by atoms with Crippen molar-refractivity contribution in [2.45, 2.75) is 44.7 Å². The first-order chi connectivity index (χ1) is 10.3. The summed E-state index contributed by atoms with van der Waals surface area (Å²) in [4.78, 5) is 10.8. The van der Waals surface area contributed by atoms with Crippen LogP contribution in [0.2, 0.25) is 0 Å². The van der Waals surface area contributed by atoms with Crippen molar-refractivity contribution in [1.29, 1.82) is 0 Å². The lowest BCUT2D eigenvalue weighted by Gasteiger charge is -2.31. The molecular weight excluding hydrogens is 418 g/mol. The SMILES string of the molecule is CN(Cc1cc(Br)cc(Br)c1N)C1CCCCC1.O=[N+]([O-])O. The Labute approximate surface area is 147 Å². The maximum absolute atomic E-state index is 8.36. The van der Waals surface area contributed by atoms with Crippen molar-refractivity contribution in [3.63, 3.8) is 0 Å². The van der Waals surface area contributed by atoms with Gasteiger partial charge in [-0.25, -0.2) is 0 Å². The minimum atomic E-state index is -1.50. The van der Waals surface area contributed by atoms with Crippen LogP contribution in [0.25, 0.3) is 0 Å². The van der Waals surface area contributed by atoms with Crippen LogP contribution in [-0.2, 0) is 6.54 Å². The number of halogens is 2. The first-order valence-corrected chi connectivity index (χ1v) is 8.66. The quantitative estimate of drug-likeness (QED) is 0.418. The molecule has 0 atom stereocenters. The van der Waals surface area contributed by atoms with Crippen LogP contribution in [0.4, 0.5) is 5.69 Å². The lowest BCUT2D eigenvalue weighted by Crippen LogP contribution is -2.33. The molecule has 0 heterocycles. The fraction of sp³-hybridized carbons (Fsp3) is 0.571. The van der Waals surface area contributed by atoms with Crippen LogP contribution in [-0.4, -0.2) is 28.3 Å². The Morgan fingerprint density at radius 1 is 1.36 bits per heavy atom. The molecule has 3 N–H and O–H groups in total. The third-order valence-corrected chi connectivity index (χ3v) is 4.91. The van der Waals surface area contributed by atoms with Gasteiger partial charge >= 0.3 is 0 Å². The van der Waals surface area contributed by atoms with Gasteiger partial charge in [-0.1, -0.05) is 35.2 Å². The van der Waals surface area contributed by atoms with Gasteiger partial charge in [-0.3, -0.25) is 4.90 Å². The van der Waals surface area contributed by atoms with Crippen LogP contribution in [0.3, 0.4) is 0 Å². The number of nitrogen functional groups attached to an aromatic ring is 1. The van der Waals surface area contributed by atoms with Gasteiger partial charge in [-0.15, -0.1) is 10.1 Å². The van der Waals surface area contributed by atoms with E-state index in [0.717, 1.165) is 27.2 Å². The van der Waals surface area contributed by atoms with E-state index in [2.05, 4.69) is 49.9 Å². The van der Waals surface area contributed by atoms with Crippen LogP contribution < -0.4 is 5.73 Å². The van der Waals surface area contributed by atoms with Gasteiger partial charge < -0.3 is 10.9 Å². The minimum Gasteiger partial charge on any atom is -0.398 e. The fourth-order valence-corrected chi connectivity index (χ4v) is 4.00. The van der Waals surface area contributed by atoms with E-state index in [1.54, 1.807) is 0 Å². The molecule has 0 radical (unpaired) electrons. The molecule has 22 heavy (non-hydrogen) atoms. The van der Waals surface area contributed by atoms with E-state index in [0.29, 0.717) is 0 Å². The zero-order valence-electron chi connectivity index (χ0n) is 12.5. The molecule has 0 saturated heterocycles.